The van der Waals surface area contributed by atoms with Crippen LogP contribution in [-0.2, 0) is 6.18 Å². The van der Waals surface area contributed by atoms with Gasteiger partial charge >= 0.3 is 6.18 Å². The quantitative estimate of drug-likeness (QED) is 0.268. The van der Waals surface area contributed by atoms with E-state index in [9.17, 15) is 18.0 Å². The fraction of sp³-hybridized carbons (Fsp3) is 0.269. The molecular weight excluding hydrogens is 491 g/mol. The van der Waals surface area contributed by atoms with E-state index in [4.69, 9.17) is 11.6 Å². The van der Waals surface area contributed by atoms with Crippen molar-refractivity contribution in [3.05, 3.63) is 77.2 Å². The second-order valence-electron chi connectivity index (χ2n) is 8.91. The van der Waals surface area contributed by atoms with Gasteiger partial charge in [-0.1, -0.05) is 17.7 Å². The number of nitrogens with zero attached hydrogens (tertiary/aromatic N) is 2. The molecule has 1 fully saturated rings. The molecule has 0 atom stereocenters. The number of benzene rings is 1. The van der Waals surface area contributed by atoms with Crippen LogP contribution in [0.2, 0.25) is 5.15 Å². The smallest absolute Gasteiger partial charge is 0.367 e. The number of nitrogens with one attached hydrogen (secondary N) is 3. The summed E-state index contributed by atoms with van der Waals surface area (Å²) in [5.74, 6) is 0.166. The molecule has 4 aromatic rings. The number of H-pyrrole nitrogens is 1. The summed E-state index contributed by atoms with van der Waals surface area (Å²) >= 11 is 6.32. The van der Waals surface area contributed by atoms with Crippen molar-refractivity contribution in [1.29, 1.82) is 0 Å². The minimum Gasteiger partial charge on any atom is -0.367 e. The minimum atomic E-state index is -4.49. The van der Waals surface area contributed by atoms with E-state index in [1.165, 1.54) is 12.1 Å². The average Bonchev–Trinajstić information content (AvgIpc) is 3.29. The first-order valence-corrected chi connectivity index (χ1v) is 12.0. The van der Waals surface area contributed by atoms with Crippen molar-refractivity contribution >= 4 is 34.4 Å². The molecule has 5 rings (SSSR count). The van der Waals surface area contributed by atoms with Crippen LogP contribution in [0.1, 0.15) is 41.6 Å². The lowest BCUT2D eigenvalue weighted by atomic mass is 9.91. The number of alkyl halides is 3. The Labute approximate surface area is 210 Å². The molecule has 1 aliphatic rings. The molecular formula is C26H23ClF3N5O. The Kier molecular flexibility index (Phi) is 6.57. The molecule has 1 saturated carbocycles. The summed E-state index contributed by atoms with van der Waals surface area (Å²) in [6, 6.07) is 12.1. The number of hydrogen-bond donors (Lipinski definition) is 3. The van der Waals surface area contributed by atoms with Gasteiger partial charge in [0.1, 0.15) is 16.6 Å². The number of fused-ring (bicyclic) bond motifs is 1. The van der Waals surface area contributed by atoms with Crippen LogP contribution in [0.5, 0.6) is 0 Å². The van der Waals surface area contributed by atoms with Gasteiger partial charge in [-0.15, -0.1) is 0 Å². The maximum Gasteiger partial charge on any atom is 0.416 e. The standard InChI is InChI=1S/C26H23ClF3N5O/c27-22-12-16(21-14-32-24-20(21)5-2-10-31-24)13-23(35-22)33-18-6-8-19(9-7-18)34-25(36)15-3-1-4-17(11-15)26(28,29)30/h1-5,10-14,18-19H,6-9H2,(H,31,32)(H,33,35)(H,34,36)/t18-,19-. The van der Waals surface area contributed by atoms with Crippen molar-refractivity contribution in [2.24, 2.45) is 0 Å². The number of carbonyl (C=O) groups is 1. The van der Waals surface area contributed by atoms with Crippen LogP contribution in [0.4, 0.5) is 19.0 Å². The molecule has 6 nitrogen and oxygen atoms in total. The highest BCUT2D eigenvalue weighted by atomic mass is 35.5. The van der Waals surface area contributed by atoms with Crippen LogP contribution >= 0.6 is 11.6 Å². The fourth-order valence-electron chi connectivity index (χ4n) is 4.62. The predicted molar refractivity (Wildman–Crippen MR) is 133 cm³/mol. The van der Waals surface area contributed by atoms with Crippen molar-refractivity contribution in [3.8, 4) is 11.1 Å². The van der Waals surface area contributed by atoms with E-state index in [1.54, 1.807) is 6.20 Å². The van der Waals surface area contributed by atoms with Crippen molar-refractivity contribution in [2.75, 3.05) is 5.32 Å². The first-order valence-electron chi connectivity index (χ1n) is 11.6. The van der Waals surface area contributed by atoms with Crippen LogP contribution in [0, 0.1) is 0 Å². The molecule has 0 spiro atoms. The molecule has 0 unspecified atom stereocenters. The minimum absolute atomic E-state index is 0.00760. The van der Waals surface area contributed by atoms with Crippen LogP contribution < -0.4 is 10.6 Å². The summed E-state index contributed by atoms with van der Waals surface area (Å²) in [5, 5.41) is 7.67. The molecule has 1 amide bonds. The molecule has 36 heavy (non-hydrogen) atoms. The maximum absolute atomic E-state index is 13.0. The van der Waals surface area contributed by atoms with Gasteiger partial charge in [-0.05, 0) is 73.7 Å². The van der Waals surface area contributed by atoms with Gasteiger partial charge in [0.25, 0.3) is 5.91 Å². The Balaban J connectivity index is 1.21. The fourth-order valence-corrected chi connectivity index (χ4v) is 4.83. The Morgan fingerprint density at radius 2 is 1.81 bits per heavy atom. The maximum atomic E-state index is 13.0. The summed E-state index contributed by atoms with van der Waals surface area (Å²) in [5.41, 5.74) is 1.86. The number of anilines is 1. The highest BCUT2D eigenvalue weighted by molar-refractivity contribution is 6.29. The zero-order chi connectivity index (χ0) is 25.3. The molecule has 0 radical (unpaired) electrons. The second-order valence-corrected chi connectivity index (χ2v) is 9.30. The topological polar surface area (TPSA) is 82.7 Å². The Bertz CT molecular complexity index is 1400. The molecule has 1 aliphatic carbocycles. The molecule has 3 heterocycles. The van der Waals surface area contributed by atoms with Gasteiger partial charge in [0, 0.05) is 41.0 Å². The number of hydrogen-bond acceptors (Lipinski definition) is 4. The number of rotatable bonds is 5. The third kappa shape index (κ3) is 5.31. The van der Waals surface area contributed by atoms with Gasteiger partial charge in [0.15, 0.2) is 0 Å². The van der Waals surface area contributed by atoms with E-state index in [0.717, 1.165) is 47.1 Å². The van der Waals surface area contributed by atoms with Crippen molar-refractivity contribution in [3.63, 3.8) is 0 Å². The lowest BCUT2D eigenvalue weighted by molar-refractivity contribution is -0.137. The molecule has 0 aliphatic heterocycles. The molecule has 186 valence electrons. The van der Waals surface area contributed by atoms with Gasteiger partial charge in [0.2, 0.25) is 0 Å². The van der Waals surface area contributed by atoms with E-state index in [-0.39, 0.29) is 17.6 Å². The largest absolute Gasteiger partial charge is 0.416 e. The van der Waals surface area contributed by atoms with Crippen LogP contribution in [0.15, 0.2) is 60.9 Å². The first-order chi connectivity index (χ1) is 17.3. The predicted octanol–water partition coefficient (Wildman–Crippen LogP) is 6.45. The first kappa shape index (κ1) is 24.1. The highest BCUT2D eigenvalue weighted by Gasteiger charge is 2.31. The zero-order valence-electron chi connectivity index (χ0n) is 19.1. The number of carbonyl (C=O) groups excluding carboxylic acids is 1. The Morgan fingerprint density at radius 3 is 2.58 bits per heavy atom. The van der Waals surface area contributed by atoms with E-state index < -0.39 is 17.6 Å². The molecule has 0 saturated heterocycles. The summed E-state index contributed by atoms with van der Waals surface area (Å²) < 4.78 is 38.9. The molecule has 3 aromatic heterocycles. The highest BCUT2D eigenvalue weighted by Crippen LogP contribution is 2.32. The molecule has 1 aromatic carbocycles. The molecule has 10 heteroatoms. The van der Waals surface area contributed by atoms with Gasteiger partial charge in [-0.2, -0.15) is 13.2 Å². The number of pyridine rings is 2. The monoisotopic (exact) mass is 513 g/mol. The number of aromatic amines is 1. The average molecular weight is 514 g/mol. The van der Waals surface area contributed by atoms with Gasteiger partial charge < -0.3 is 15.6 Å². The van der Waals surface area contributed by atoms with Gasteiger partial charge in [0.05, 0.1) is 5.56 Å². The molecule has 0 bridgehead atoms. The van der Waals surface area contributed by atoms with Gasteiger partial charge in [-0.3, -0.25) is 4.79 Å². The van der Waals surface area contributed by atoms with Crippen molar-refractivity contribution in [2.45, 2.75) is 43.9 Å². The SMILES string of the molecule is O=C(N[C@H]1CC[C@H](Nc2cc(-c3c[nH]c4ncccc34)cc(Cl)n2)CC1)c1cccc(C(F)(F)F)c1. The number of amides is 1. The van der Waals surface area contributed by atoms with E-state index in [2.05, 4.69) is 25.6 Å². The Hall–Kier alpha value is -3.59. The zero-order valence-corrected chi connectivity index (χ0v) is 19.8. The summed E-state index contributed by atoms with van der Waals surface area (Å²) in [4.78, 5) is 24.4. The summed E-state index contributed by atoms with van der Waals surface area (Å²) in [7, 11) is 0. The van der Waals surface area contributed by atoms with Gasteiger partial charge in [-0.25, -0.2) is 9.97 Å². The summed E-state index contributed by atoms with van der Waals surface area (Å²) in [6.07, 6.45) is 2.08. The Morgan fingerprint density at radius 1 is 1.03 bits per heavy atom. The number of halogens is 4. The third-order valence-electron chi connectivity index (χ3n) is 6.42. The lowest BCUT2D eigenvalue weighted by Gasteiger charge is -2.30. The molecule has 3 N–H and O–H groups in total. The van der Waals surface area contributed by atoms with Crippen molar-refractivity contribution < 1.29 is 18.0 Å². The van der Waals surface area contributed by atoms with Crippen LogP contribution in [0.3, 0.4) is 0 Å². The summed E-state index contributed by atoms with van der Waals surface area (Å²) in [6.45, 7) is 0. The normalized spacial score (nSPS) is 18.2. The van der Waals surface area contributed by atoms with Crippen LogP contribution in [-0.4, -0.2) is 32.9 Å². The second kappa shape index (κ2) is 9.81. The van der Waals surface area contributed by atoms with E-state index in [0.29, 0.717) is 23.8 Å². The lowest BCUT2D eigenvalue weighted by Crippen LogP contribution is -2.40. The third-order valence-corrected chi connectivity index (χ3v) is 6.62. The van der Waals surface area contributed by atoms with E-state index >= 15 is 0 Å². The van der Waals surface area contributed by atoms with Crippen LogP contribution in [0.25, 0.3) is 22.2 Å². The van der Waals surface area contributed by atoms with Crippen molar-refractivity contribution in [1.82, 2.24) is 20.3 Å². The van der Waals surface area contributed by atoms with E-state index in [1.807, 2.05) is 30.5 Å². The number of aromatic nitrogens is 3.